The third kappa shape index (κ3) is 1.82. The van der Waals surface area contributed by atoms with E-state index in [1.54, 1.807) is 6.08 Å². The van der Waals surface area contributed by atoms with Crippen molar-refractivity contribution in [2.24, 2.45) is 28.6 Å². The lowest BCUT2D eigenvalue weighted by atomic mass is 9.47. The molecule has 0 aromatic carbocycles. The van der Waals surface area contributed by atoms with Crippen LogP contribution in [0.2, 0.25) is 0 Å². The molecule has 1 N–H and O–H groups in total. The molecule has 0 heterocycles. The van der Waals surface area contributed by atoms with Crippen LogP contribution in [0.5, 0.6) is 0 Å². The Bertz CT molecular complexity index is 655. The molecule has 0 radical (unpaired) electrons. The van der Waals surface area contributed by atoms with Crippen molar-refractivity contribution in [2.45, 2.75) is 59.0 Å². The number of fused-ring (bicyclic) bond motifs is 5. The maximum absolute atomic E-state index is 12.2. The Morgan fingerprint density at radius 3 is 2.70 bits per heavy atom. The molecule has 3 saturated carbocycles. The summed E-state index contributed by atoms with van der Waals surface area (Å²) in [5, 5.41) is 10.5. The zero-order valence-electron chi connectivity index (χ0n) is 14.6. The van der Waals surface area contributed by atoms with Crippen LogP contribution >= 0.6 is 0 Å². The Morgan fingerprint density at radius 1 is 1.22 bits per heavy atom. The summed E-state index contributed by atoms with van der Waals surface area (Å²) in [5.41, 5.74) is 3.32. The first-order valence-electron chi connectivity index (χ1n) is 9.10. The molecule has 3 fully saturated rings. The molecule has 0 spiro atoms. The van der Waals surface area contributed by atoms with E-state index in [-0.39, 0.29) is 22.7 Å². The molecule has 6 atom stereocenters. The summed E-state index contributed by atoms with van der Waals surface area (Å²) in [6.07, 6.45) is 9.15. The first kappa shape index (κ1) is 15.4. The molecule has 0 amide bonds. The van der Waals surface area contributed by atoms with Crippen LogP contribution in [0, 0.1) is 28.6 Å². The van der Waals surface area contributed by atoms with Gasteiger partial charge in [0.1, 0.15) is 0 Å². The lowest BCUT2D eigenvalue weighted by Crippen LogP contribution is -2.51. The number of aliphatic hydroxyl groups is 1. The SMILES string of the molecule is C=C1C[C@H]2[C@@H]3CC[C@H](O)[C@@]3(C)CC[C@@H]2[C@@]2(C)C=CC(=O)C(C)=C12. The van der Waals surface area contributed by atoms with E-state index in [1.165, 1.54) is 5.57 Å². The molecule has 4 aliphatic rings. The molecule has 4 aliphatic carbocycles. The first-order chi connectivity index (χ1) is 10.8. The summed E-state index contributed by atoms with van der Waals surface area (Å²) in [6.45, 7) is 10.9. The maximum Gasteiger partial charge on any atom is 0.181 e. The molecule has 0 bridgehead atoms. The fraction of sp³-hybridized carbons (Fsp3) is 0.667. The van der Waals surface area contributed by atoms with Gasteiger partial charge in [-0.25, -0.2) is 0 Å². The van der Waals surface area contributed by atoms with Crippen molar-refractivity contribution in [2.75, 3.05) is 0 Å². The van der Waals surface area contributed by atoms with Gasteiger partial charge >= 0.3 is 0 Å². The van der Waals surface area contributed by atoms with Crippen LogP contribution in [-0.4, -0.2) is 17.0 Å². The highest BCUT2D eigenvalue weighted by atomic mass is 16.3. The minimum Gasteiger partial charge on any atom is -0.393 e. The lowest BCUT2D eigenvalue weighted by molar-refractivity contribution is -0.112. The van der Waals surface area contributed by atoms with Crippen molar-refractivity contribution in [3.8, 4) is 0 Å². The van der Waals surface area contributed by atoms with Gasteiger partial charge in [0, 0.05) is 11.0 Å². The monoisotopic (exact) mass is 312 g/mol. The smallest absolute Gasteiger partial charge is 0.181 e. The molecule has 0 aromatic rings. The van der Waals surface area contributed by atoms with Crippen LogP contribution in [0.1, 0.15) is 52.9 Å². The zero-order valence-corrected chi connectivity index (χ0v) is 14.6. The number of hydrogen-bond acceptors (Lipinski definition) is 2. The van der Waals surface area contributed by atoms with E-state index in [2.05, 4.69) is 26.5 Å². The number of ketones is 1. The quantitative estimate of drug-likeness (QED) is 0.727. The topological polar surface area (TPSA) is 37.3 Å². The van der Waals surface area contributed by atoms with E-state index < -0.39 is 0 Å². The first-order valence-corrected chi connectivity index (χ1v) is 9.10. The van der Waals surface area contributed by atoms with Gasteiger partial charge in [-0.15, -0.1) is 0 Å². The van der Waals surface area contributed by atoms with E-state index >= 15 is 0 Å². The van der Waals surface area contributed by atoms with Gasteiger partial charge in [0.05, 0.1) is 6.10 Å². The van der Waals surface area contributed by atoms with Crippen molar-refractivity contribution in [3.63, 3.8) is 0 Å². The van der Waals surface area contributed by atoms with Crippen molar-refractivity contribution in [1.29, 1.82) is 0 Å². The van der Waals surface area contributed by atoms with Crippen molar-refractivity contribution < 1.29 is 9.90 Å². The maximum atomic E-state index is 12.2. The second kappa shape index (κ2) is 4.69. The van der Waals surface area contributed by atoms with Crippen LogP contribution < -0.4 is 0 Å². The Morgan fingerprint density at radius 2 is 1.96 bits per heavy atom. The summed E-state index contributed by atoms with van der Waals surface area (Å²) >= 11 is 0. The molecule has 124 valence electrons. The molecule has 0 saturated heterocycles. The van der Waals surface area contributed by atoms with E-state index in [0.717, 1.165) is 43.3 Å². The molecule has 0 aliphatic heterocycles. The van der Waals surface area contributed by atoms with Crippen LogP contribution in [0.3, 0.4) is 0 Å². The van der Waals surface area contributed by atoms with Crippen LogP contribution in [0.25, 0.3) is 0 Å². The molecule has 4 rings (SSSR count). The van der Waals surface area contributed by atoms with Gasteiger partial charge in [-0.1, -0.05) is 32.1 Å². The predicted octanol–water partition coefficient (Wildman–Crippen LogP) is 4.21. The fourth-order valence-electron chi connectivity index (χ4n) is 6.62. The molecule has 0 aromatic heterocycles. The standard InChI is InChI=1S/C21H28O2/c1-12-11-14-15-5-6-18(23)20(15,3)9-7-16(14)21(4)10-8-17(22)13(2)19(12)21/h8,10,14-16,18,23H,1,5-7,9,11H2,2-4H3/t14-,15-,16-,18-,20-,21+/m0/s1. The minimum atomic E-state index is -0.142. The highest BCUT2D eigenvalue weighted by Crippen LogP contribution is 2.65. The summed E-state index contributed by atoms with van der Waals surface area (Å²) in [7, 11) is 0. The average Bonchev–Trinajstić information content (AvgIpc) is 2.79. The van der Waals surface area contributed by atoms with E-state index in [0.29, 0.717) is 17.8 Å². The summed E-state index contributed by atoms with van der Waals surface area (Å²) < 4.78 is 0. The number of carbonyl (C=O) groups is 1. The molecule has 2 heteroatoms. The molecule has 2 nitrogen and oxygen atoms in total. The number of allylic oxidation sites excluding steroid dienone is 5. The number of carbonyl (C=O) groups excluding carboxylic acids is 1. The Balaban J connectivity index is 1.79. The van der Waals surface area contributed by atoms with Gasteiger partial charge in [0.25, 0.3) is 0 Å². The van der Waals surface area contributed by atoms with Gasteiger partial charge in [0.2, 0.25) is 0 Å². The second-order valence-corrected chi connectivity index (χ2v) is 8.80. The van der Waals surface area contributed by atoms with Crippen LogP contribution in [-0.2, 0) is 4.79 Å². The number of aliphatic hydroxyl groups excluding tert-OH is 1. The predicted molar refractivity (Wildman–Crippen MR) is 91.8 cm³/mol. The Kier molecular flexibility index (Phi) is 3.14. The minimum absolute atomic E-state index is 0.0487. The third-order valence-electron chi connectivity index (χ3n) is 7.86. The van der Waals surface area contributed by atoms with Gasteiger partial charge < -0.3 is 5.11 Å². The second-order valence-electron chi connectivity index (χ2n) is 8.80. The van der Waals surface area contributed by atoms with Gasteiger partial charge in [-0.2, -0.15) is 0 Å². The Hall–Kier alpha value is -1.15. The van der Waals surface area contributed by atoms with Crippen LogP contribution in [0.15, 0.2) is 35.5 Å². The Labute approximate surface area is 139 Å². The molecule has 23 heavy (non-hydrogen) atoms. The van der Waals surface area contributed by atoms with Gasteiger partial charge in [0.15, 0.2) is 5.78 Å². The molecular formula is C21H28O2. The summed E-state index contributed by atoms with van der Waals surface area (Å²) in [6, 6.07) is 0. The van der Waals surface area contributed by atoms with Crippen molar-refractivity contribution in [1.82, 2.24) is 0 Å². The summed E-state index contributed by atoms with van der Waals surface area (Å²) in [5.74, 6) is 1.91. The normalized spacial score (nSPS) is 49.0. The fourth-order valence-corrected chi connectivity index (χ4v) is 6.62. The van der Waals surface area contributed by atoms with E-state index in [4.69, 9.17) is 0 Å². The number of rotatable bonds is 0. The van der Waals surface area contributed by atoms with Crippen molar-refractivity contribution in [3.05, 3.63) is 35.5 Å². The largest absolute Gasteiger partial charge is 0.393 e. The highest BCUT2D eigenvalue weighted by Gasteiger charge is 2.59. The molecule has 0 unspecified atom stereocenters. The van der Waals surface area contributed by atoms with Crippen LogP contribution in [0.4, 0.5) is 0 Å². The number of hydrogen-bond donors (Lipinski definition) is 1. The zero-order chi connectivity index (χ0) is 16.6. The van der Waals surface area contributed by atoms with E-state index in [1.807, 2.05) is 6.92 Å². The van der Waals surface area contributed by atoms with Gasteiger partial charge in [-0.3, -0.25) is 4.79 Å². The summed E-state index contributed by atoms with van der Waals surface area (Å²) in [4.78, 5) is 12.2. The molecular weight excluding hydrogens is 284 g/mol. The van der Waals surface area contributed by atoms with E-state index in [9.17, 15) is 9.90 Å². The van der Waals surface area contributed by atoms with Gasteiger partial charge in [-0.05, 0) is 73.8 Å². The third-order valence-corrected chi connectivity index (χ3v) is 7.86. The lowest BCUT2D eigenvalue weighted by Gasteiger charge is -2.57. The van der Waals surface area contributed by atoms with Crippen molar-refractivity contribution >= 4 is 5.78 Å². The average molecular weight is 312 g/mol. The highest BCUT2D eigenvalue weighted by molar-refractivity contribution is 6.06.